The van der Waals surface area contributed by atoms with Crippen LogP contribution in [0.5, 0.6) is 0 Å². The highest BCUT2D eigenvalue weighted by Gasteiger charge is 2.35. The van der Waals surface area contributed by atoms with Crippen LogP contribution in [0.15, 0.2) is 9.59 Å². The first-order valence-electron chi connectivity index (χ1n) is 7.12. The van der Waals surface area contributed by atoms with E-state index in [1.165, 1.54) is 18.3 Å². The maximum absolute atomic E-state index is 12.7. The molecule has 22 heavy (non-hydrogen) atoms. The normalized spacial score (nSPS) is 19.1. The monoisotopic (exact) mass is 330 g/mol. The predicted octanol–water partition coefficient (Wildman–Crippen LogP) is 0.175. The Kier molecular flexibility index (Phi) is 4.22. The summed E-state index contributed by atoms with van der Waals surface area (Å²) >= 11 is 0. The molecule has 1 saturated heterocycles. The number of H-pyrrole nitrogens is 2. The van der Waals surface area contributed by atoms with Gasteiger partial charge >= 0.3 is 15.9 Å². The Bertz CT molecular complexity index is 768. The van der Waals surface area contributed by atoms with Gasteiger partial charge in [0.1, 0.15) is 5.69 Å². The molecule has 0 bridgehead atoms. The molecule has 0 aromatic carbocycles. The van der Waals surface area contributed by atoms with E-state index < -0.39 is 21.5 Å². The summed E-state index contributed by atoms with van der Waals surface area (Å²) in [6.07, 6.45) is 1.53. The molecule has 0 aliphatic carbocycles. The number of hydrogen-bond acceptors (Lipinski definition) is 4. The molecule has 1 aliphatic heterocycles. The fourth-order valence-electron chi connectivity index (χ4n) is 2.58. The Morgan fingerprint density at radius 2 is 1.68 bits per heavy atom. The largest absolute Gasteiger partial charge is 0.326 e. The Labute approximate surface area is 129 Å². The van der Waals surface area contributed by atoms with Crippen molar-refractivity contribution in [2.75, 3.05) is 24.4 Å². The summed E-state index contributed by atoms with van der Waals surface area (Å²) in [5.74, 6) is 0. The molecule has 0 saturated carbocycles. The van der Waals surface area contributed by atoms with Gasteiger partial charge in [0, 0.05) is 25.8 Å². The standard InChI is InChI=1S/C13H22N4O4S/c1-9-10(11(18)15-12(19)14-9)16(4)22(20,21)17-7-5-13(2,3)6-8-17/h5-8H2,1-4H3,(H2,14,15,18,19). The van der Waals surface area contributed by atoms with Crippen LogP contribution in [-0.4, -0.2) is 42.8 Å². The lowest BCUT2D eigenvalue weighted by Gasteiger charge is -2.37. The lowest BCUT2D eigenvalue weighted by Crippen LogP contribution is -2.49. The molecule has 0 amide bonds. The molecule has 2 heterocycles. The summed E-state index contributed by atoms with van der Waals surface area (Å²) in [6.45, 7) is 6.55. The van der Waals surface area contributed by atoms with Gasteiger partial charge in [0.25, 0.3) is 5.56 Å². The van der Waals surface area contributed by atoms with Crippen LogP contribution in [0.2, 0.25) is 0 Å². The summed E-state index contributed by atoms with van der Waals surface area (Å²) < 4.78 is 27.7. The van der Waals surface area contributed by atoms with Crippen LogP contribution in [0.4, 0.5) is 5.69 Å². The van der Waals surface area contributed by atoms with Crippen LogP contribution < -0.4 is 15.6 Å². The number of nitrogens with zero attached hydrogens (tertiary/aromatic N) is 2. The van der Waals surface area contributed by atoms with E-state index in [2.05, 4.69) is 23.8 Å². The molecule has 2 N–H and O–H groups in total. The number of anilines is 1. The summed E-state index contributed by atoms with van der Waals surface area (Å²) in [4.78, 5) is 27.6. The van der Waals surface area contributed by atoms with Crippen LogP contribution in [0.1, 0.15) is 32.4 Å². The van der Waals surface area contributed by atoms with Gasteiger partial charge in [-0.25, -0.2) is 4.79 Å². The third-order valence-corrected chi connectivity index (χ3v) is 6.05. The first kappa shape index (κ1) is 16.8. The van der Waals surface area contributed by atoms with Crippen LogP contribution in [0.3, 0.4) is 0 Å². The zero-order valence-corrected chi connectivity index (χ0v) is 14.1. The number of hydrogen-bond donors (Lipinski definition) is 2. The highest BCUT2D eigenvalue weighted by molar-refractivity contribution is 7.90. The fourth-order valence-corrected chi connectivity index (χ4v) is 4.02. The molecule has 1 fully saturated rings. The van der Waals surface area contributed by atoms with E-state index in [4.69, 9.17) is 0 Å². The van der Waals surface area contributed by atoms with Crippen molar-refractivity contribution in [3.63, 3.8) is 0 Å². The van der Waals surface area contributed by atoms with Gasteiger partial charge in [0.05, 0.1) is 0 Å². The van der Waals surface area contributed by atoms with Crippen LogP contribution in [0.25, 0.3) is 0 Å². The van der Waals surface area contributed by atoms with Gasteiger partial charge in [-0.15, -0.1) is 0 Å². The summed E-state index contributed by atoms with van der Waals surface area (Å²) in [5, 5.41) is 0. The first-order valence-corrected chi connectivity index (χ1v) is 8.51. The summed E-state index contributed by atoms with van der Waals surface area (Å²) in [5.41, 5.74) is -1.10. The molecule has 0 spiro atoms. The van der Waals surface area contributed by atoms with Crippen LogP contribution in [0, 0.1) is 12.3 Å². The predicted molar refractivity (Wildman–Crippen MR) is 84.3 cm³/mol. The van der Waals surface area contributed by atoms with Crippen molar-refractivity contribution in [1.82, 2.24) is 14.3 Å². The highest BCUT2D eigenvalue weighted by Crippen LogP contribution is 2.31. The van der Waals surface area contributed by atoms with Crippen LogP contribution in [-0.2, 0) is 10.2 Å². The molecule has 0 radical (unpaired) electrons. The average molecular weight is 330 g/mol. The second-order valence-corrected chi connectivity index (χ2v) is 8.38. The van der Waals surface area contributed by atoms with Gasteiger partial charge in [-0.3, -0.25) is 14.1 Å². The minimum Gasteiger partial charge on any atom is -0.309 e. The first-order chi connectivity index (χ1) is 10.0. The molecule has 124 valence electrons. The topological polar surface area (TPSA) is 106 Å². The molecular weight excluding hydrogens is 308 g/mol. The van der Waals surface area contributed by atoms with Gasteiger partial charge < -0.3 is 4.98 Å². The number of aromatic nitrogens is 2. The van der Waals surface area contributed by atoms with Crippen molar-refractivity contribution in [2.45, 2.75) is 33.6 Å². The van der Waals surface area contributed by atoms with E-state index in [9.17, 15) is 18.0 Å². The molecule has 0 atom stereocenters. The lowest BCUT2D eigenvalue weighted by molar-refractivity contribution is 0.195. The number of rotatable bonds is 3. The van der Waals surface area contributed by atoms with Gasteiger partial charge in [0.15, 0.2) is 0 Å². The maximum atomic E-state index is 12.7. The number of aromatic amines is 2. The highest BCUT2D eigenvalue weighted by atomic mass is 32.2. The van der Waals surface area contributed by atoms with Gasteiger partial charge in [-0.1, -0.05) is 13.8 Å². The minimum absolute atomic E-state index is 0.0653. The van der Waals surface area contributed by atoms with E-state index in [0.717, 1.165) is 17.1 Å². The molecular formula is C13H22N4O4S. The zero-order valence-electron chi connectivity index (χ0n) is 13.3. The van der Waals surface area contributed by atoms with Crippen molar-refractivity contribution in [3.8, 4) is 0 Å². The number of nitrogens with one attached hydrogen (secondary N) is 2. The second-order valence-electron chi connectivity index (χ2n) is 6.42. The quantitative estimate of drug-likeness (QED) is 0.824. The van der Waals surface area contributed by atoms with E-state index in [1.54, 1.807) is 0 Å². The van der Waals surface area contributed by atoms with Crippen LogP contribution >= 0.6 is 0 Å². The molecule has 9 heteroatoms. The minimum atomic E-state index is -3.80. The third-order valence-electron chi connectivity index (χ3n) is 4.16. The van der Waals surface area contributed by atoms with Gasteiger partial charge in [0.2, 0.25) is 0 Å². The van der Waals surface area contributed by atoms with E-state index in [-0.39, 0.29) is 16.8 Å². The Balaban J connectivity index is 2.35. The van der Waals surface area contributed by atoms with Crippen molar-refractivity contribution >= 4 is 15.9 Å². The maximum Gasteiger partial charge on any atom is 0.326 e. The SMILES string of the molecule is Cc1[nH]c(=O)[nH]c(=O)c1N(C)S(=O)(=O)N1CCC(C)(C)CC1. The Hall–Kier alpha value is -1.61. The third kappa shape index (κ3) is 3.09. The van der Waals surface area contributed by atoms with Crippen molar-refractivity contribution < 1.29 is 8.42 Å². The summed E-state index contributed by atoms with van der Waals surface area (Å²) in [7, 11) is -2.47. The zero-order chi connectivity index (χ0) is 16.7. The smallest absolute Gasteiger partial charge is 0.309 e. The molecule has 1 aromatic heterocycles. The van der Waals surface area contributed by atoms with E-state index in [1.807, 2.05) is 0 Å². The molecule has 2 rings (SSSR count). The molecule has 1 aromatic rings. The molecule has 0 unspecified atom stereocenters. The van der Waals surface area contributed by atoms with Gasteiger partial charge in [-0.2, -0.15) is 12.7 Å². The van der Waals surface area contributed by atoms with Gasteiger partial charge in [-0.05, 0) is 25.2 Å². The average Bonchev–Trinajstić information content (AvgIpc) is 2.36. The number of piperidine rings is 1. The molecule has 8 nitrogen and oxygen atoms in total. The second kappa shape index (κ2) is 5.54. The van der Waals surface area contributed by atoms with E-state index >= 15 is 0 Å². The Morgan fingerprint density at radius 3 is 2.18 bits per heavy atom. The Morgan fingerprint density at radius 1 is 1.14 bits per heavy atom. The molecule has 1 aliphatic rings. The summed E-state index contributed by atoms with van der Waals surface area (Å²) in [6, 6.07) is 0. The lowest BCUT2D eigenvalue weighted by atomic mass is 9.83. The van der Waals surface area contributed by atoms with Crippen molar-refractivity contribution in [1.29, 1.82) is 0 Å². The van der Waals surface area contributed by atoms with Crippen molar-refractivity contribution in [2.24, 2.45) is 5.41 Å². The van der Waals surface area contributed by atoms with E-state index in [0.29, 0.717) is 13.1 Å². The van der Waals surface area contributed by atoms with Crippen molar-refractivity contribution in [3.05, 3.63) is 26.5 Å². The number of aryl methyl sites for hydroxylation is 1. The fraction of sp³-hybridized carbons (Fsp3) is 0.692.